The van der Waals surface area contributed by atoms with Gasteiger partial charge in [-0.1, -0.05) is 17.7 Å². The highest BCUT2D eigenvalue weighted by Crippen LogP contribution is 2.21. The first-order valence-corrected chi connectivity index (χ1v) is 5.16. The summed E-state index contributed by atoms with van der Waals surface area (Å²) in [6.45, 7) is 2.76. The van der Waals surface area contributed by atoms with Crippen LogP contribution in [0.1, 0.15) is 17.7 Å². The third kappa shape index (κ3) is 2.28. The first-order valence-electron chi connectivity index (χ1n) is 5.16. The van der Waals surface area contributed by atoms with E-state index in [1.54, 1.807) is 0 Å². The van der Waals surface area contributed by atoms with E-state index in [4.69, 9.17) is 10.2 Å². The molecular formula is C13H15NO. The van der Waals surface area contributed by atoms with Gasteiger partial charge in [0.2, 0.25) is 0 Å². The monoisotopic (exact) mass is 201 g/mol. The molecule has 0 spiro atoms. The van der Waals surface area contributed by atoms with Crippen LogP contribution in [0.5, 0.6) is 0 Å². The molecule has 1 aromatic heterocycles. The highest BCUT2D eigenvalue weighted by molar-refractivity contribution is 5.80. The van der Waals surface area contributed by atoms with Crippen LogP contribution in [0, 0.1) is 6.92 Å². The Morgan fingerprint density at radius 1 is 1.33 bits per heavy atom. The van der Waals surface area contributed by atoms with Gasteiger partial charge in [-0.25, -0.2) is 0 Å². The molecule has 2 heteroatoms. The van der Waals surface area contributed by atoms with Crippen LogP contribution in [-0.2, 0) is 0 Å². The average molecular weight is 201 g/mol. The Labute approximate surface area is 89.4 Å². The molecule has 0 fully saturated rings. The molecule has 0 amide bonds. The number of hydrogen-bond donors (Lipinski definition) is 1. The van der Waals surface area contributed by atoms with Gasteiger partial charge in [-0.3, -0.25) is 0 Å². The van der Waals surface area contributed by atoms with Gasteiger partial charge in [0.05, 0.1) is 0 Å². The maximum Gasteiger partial charge on any atom is 0.134 e. The van der Waals surface area contributed by atoms with Gasteiger partial charge in [-0.15, -0.1) is 0 Å². The second kappa shape index (κ2) is 4.32. The number of furan rings is 1. The van der Waals surface area contributed by atoms with E-state index in [0.717, 1.165) is 23.2 Å². The molecule has 0 aliphatic rings. The van der Waals surface area contributed by atoms with Crippen molar-refractivity contribution in [3.05, 3.63) is 41.7 Å². The van der Waals surface area contributed by atoms with Crippen LogP contribution in [0.25, 0.3) is 17.0 Å². The zero-order valence-corrected chi connectivity index (χ0v) is 8.86. The average Bonchev–Trinajstić information content (AvgIpc) is 2.60. The molecule has 0 aliphatic carbocycles. The maximum atomic E-state index is 5.64. The zero-order valence-electron chi connectivity index (χ0n) is 8.86. The first kappa shape index (κ1) is 9.99. The molecule has 2 aromatic rings. The normalized spacial score (nSPS) is 11.6. The molecular weight excluding hydrogens is 186 g/mol. The Hall–Kier alpha value is -1.54. The van der Waals surface area contributed by atoms with E-state index in [2.05, 4.69) is 25.1 Å². The second-order valence-corrected chi connectivity index (χ2v) is 3.67. The lowest BCUT2D eigenvalue weighted by Crippen LogP contribution is -1.94. The Balaban J connectivity index is 2.30. The number of hydrogen-bond acceptors (Lipinski definition) is 2. The Morgan fingerprint density at radius 3 is 3.00 bits per heavy atom. The van der Waals surface area contributed by atoms with Gasteiger partial charge in [0.15, 0.2) is 0 Å². The predicted octanol–water partition coefficient (Wildman–Crippen LogP) is 3.10. The molecule has 0 saturated heterocycles. The van der Waals surface area contributed by atoms with Crippen LogP contribution in [0.2, 0.25) is 0 Å². The van der Waals surface area contributed by atoms with Crippen molar-refractivity contribution in [3.8, 4) is 0 Å². The number of rotatable bonds is 3. The molecule has 2 N–H and O–H groups in total. The van der Waals surface area contributed by atoms with E-state index in [9.17, 15) is 0 Å². The highest BCUT2D eigenvalue weighted by Gasteiger charge is 2.00. The number of aryl methyl sites for hydroxylation is 1. The summed E-state index contributed by atoms with van der Waals surface area (Å²) >= 11 is 0. The van der Waals surface area contributed by atoms with Crippen LogP contribution in [0.4, 0.5) is 0 Å². The molecule has 0 unspecified atom stereocenters. The van der Waals surface area contributed by atoms with Crippen molar-refractivity contribution in [1.29, 1.82) is 0 Å². The van der Waals surface area contributed by atoms with Crippen molar-refractivity contribution in [2.75, 3.05) is 6.54 Å². The highest BCUT2D eigenvalue weighted by atomic mass is 16.3. The topological polar surface area (TPSA) is 39.2 Å². The van der Waals surface area contributed by atoms with E-state index in [0.29, 0.717) is 6.54 Å². The summed E-state index contributed by atoms with van der Waals surface area (Å²) in [4.78, 5) is 0. The van der Waals surface area contributed by atoms with Crippen molar-refractivity contribution in [3.63, 3.8) is 0 Å². The predicted molar refractivity (Wildman–Crippen MR) is 63.7 cm³/mol. The zero-order chi connectivity index (χ0) is 10.7. The number of benzene rings is 1. The van der Waals surface area contributed by atoms with E-state index in [1.807, 2.05) is 18.2 Å². The van der Waals surface area contributed by atoms with Gasteiger partial charge in [0.25, 0.3) is 0 Å². The molecule has 2 rings (SSSR count). The molecule has 0 saturated carbocycles. The third-order valence-corrected chi connectivity index (χ3v) is 2.31. The van der Waals surface area contributed by atoms with Gasteiger partial charge >= 0.3 is 0 Å². The van der Waals surface area contributed by atoms with Crippen molar-refractivity contribution in [2.24, 2.45) is 5.73 Å². The van der Waals surface area contributed by atoms with Crippen LogP contribution in [0.3, 0.4) is 0 Å². The van der Waals surface area contributed by atoms with E-state index >= 15 is 0 Å². The summed E-state index contributed by atoms with van der Waals surface area (Å²) in [5.41, 5.74) is 7.59. The lowest BCUT2D eigenvalue weighted by molar-refractivity contribution is 0.604. The number of nitrogens with two attached hydrogens (primary N) is 1. The van der Waals surface area contributed by atoms with Gasteiger partial charge in [0, 0.05) is 5.39 Å². The van der Waals surface area contributed by atoms with Crippen LogP contribution >= 0.6 is 0 Å². The summed E-state index contributed by atoms with van der Waals surface area (Å²) in [5, 5.41) is 1.15. The Morgan fingerprint density at radius 2 is 2.20 bits per heavy atom. The minimum absolute atomic E-state index is 0.676. The summed E-state index contributed by atoms with van der Waals surface area (Å²) in [7, 11) is 0. The second-order valence-electron chi connectivity index (χ2n) is 3.67. The standard InChI is InChI=1S/C13H15NO/c1-10-5-6-13-11(8-10)9-12(15-13)4-2-3-7-14/h2,4-6,8-9H,3,7,14H2,1H3/b4-2+. The van der Waals surface area contributed by atoms with Crippen molar-refractivity contribution < 1.29 is 4.42 Å². The minimum Gasteiger partial charge on any atom is -0.457 e. The quantitative estimate of drug-likeness (QED) is 0.828. The summed E-state index contributed by atoms with van der Waals surface area (Å²) in [5.74, 6) is 0.893. The summed E-state index contributed by atoms with van der Waals surface area (Å²) in [6, 6.07) is 8.23. The Kier molecular flexibility index (Phi) is 2.88. The smallest absolute Gasteiger partial charge is 0.134 e. The van der Waals surface area contributed by atoms with Crippen LogP contribution < -0.4 is 5.73 Å². The molecule has 2 nitrogen and oxygen atoms in total. The van der Waals surface area contributed by atoms with Crippen LogP contribution in [-0.4, -0.2) is 6.54 Å². The minimum atomic E-state index is 0.676. The van der Waals surface area contributed by atoms with E-state index in [-0.39, 0.29) is 0 Å². The van der Waals surface area contributed by atoms with Gasteiger partial charge in [0.1, 0.15) is 11.3 Å². The van der Waals surface area contributed by atoms with E-state index in [1.165, 1.54) is 5.56 Å². The SMILES string of the molecule is Cc1ccc2oc(/C=C/CCN)cc2c1. The summed E-state index contributed by atoms with van der Waals surface area (Å²) < 4.78 is 5.64. The van der Waals surface area contributed by atoms with Gasteiger partial charge < -0.3 is 10.2 Å². The van der Waals surface area contributed by atoms with Crippen molar-refractivity contribution in [1.82, 2.24) is 0 Å². The molecule has 0 aliphatic heterocycles. The lowest BCUT2D eigenvalue weighted by atomic mass is 10.2. The third-order valence-electron chi connectivity index (χ3n) is 2.31. The lowest BCUT2D eigenvalue weighted by Gasteiger charge is -1.89. The van der Waals surface area contributed by atoms with Crippen molar-refractivity contribution in [2.45, 2.75) is 13.3 Å². The maximum absolute atomic E-state index is 5.64. The fourth-order valence-corrected chi connectivity index (χ4v) is 1.56. The fraction of sp³-hybridized carbons (Fsp3) is 0.231. The molecule has 1 aromatic carbocycles. The summed E-state index contributed by atoms with van der Waals surface area (Å²) in [6.07, 6.45) is 4.89. The van der Waals surface area contributed by atoms with Gasteiger partial charge in [-0.05, 0) is 44.2 Å². The van der Waals surface area contributed by atoms with E-state index < -0.39 is 0 Å². The van der Waals surface area contributed by atoms with Crippen molar-refractivity contribution >= 4 is 17.0 Å². The number of fused-ring (bicyclic) bond motifs is 1. The molecule has 0 bridgehead atoms. The first-order chi connectivity index (χ1) is 7.29. The molecule has 15 heavy (non-hydrogen) atoms. The van der Waals surface area contributed by atoms with Gasteiger partial charge in [-0.2, -0.15) is 0 Å². The Bertz CT molecular complexity index is 482. The molecule has 1 heterocycles. The fourth-order valence-electron chi connectivity index (χ4n) is 1.56. The molecule has 0 radical (unpaired) electrons. The molecule has 0 atom stereocenters. The van der Waals surface area contributed by atoms with Crippen LogP contribution in [0.15, 0.2) is 34.8 Å². The largest absolute Gasteiger partial charge is 0.457 e. The molecule has 78 valence electrons.